The Balaban J connectivity index is 2.25. The molecule has 2 amide bonds. The number of hydrogen-bond donors (Lipinski definition) is 1. The molecule has 0 atom stereocenters. The number of carbonyl (C=O) groups excluding carboxylic acids is 2. The molecule has 1 fully saturated rings. The molecule has 0 unspecified atom stereocenters. The minimum atomic E-state index is -0.197. The van der Waals surface area contributed by atoms with Crippen molar-refractivity contribution < 1.29 is 9.59 Å². The van der Waals surface area contributed by atoms with Gasteiger partial charge < -0.3 is 0 Å². The van der Waals surface area contributed by atoms with Crippen molar-refractivity contribution in [3.05, 3.63) is 15.9 Å². The lowest BCUT2D eigenvalue weighted by atomic mass is 10.2. The number of carbonyl (C=O) groups is 2. The molecule has 1 N–H and O–H groups in total. The zero-order valence-corrected chi connectivity index (χ0v) is 12.0. The summed E-state index contributed by atoms with van der Waals surface area (Å²) in [7, 11) is 1.82. The van der Waals surface area contributed by atoms with Gasteiger partial charge in [0.1, 0.15) is 0 Å². The molecule has 0 radical (unpaired) electrons. The van der Waals surface area contributed by atoms with E-state index < -0.39 is 0 Å². The standard InChI is InChI=1S/C11H15BrN4O2/c1-3-7-11(12)8(15(2)14-7)6-16-9(17)4-13-5-10(16)18/h13H,3-6H2,1-2H3. The molecule has 1 aliphatic heterocycles. The number of rotatable bonds is 3. The smallest absolute Gasteiger partial charge is 0.243 e. The van der Waals surface area contributed by atoms with Gasteiger partial charge in [0, 0.05) is 7.05 Å². The Labute approximate surface area is 113 Å². The van der Waals surface area contributed by atoms with Crippen molar-refractivity contribution in [2.45, 2.75) is 19.9 Å². The summed E-state index contributed by atoms with van der Waals surface area (Å²) in [4.78, 5) is 24.7. The van der Waals surface area contributed by atoms with E-state index in [1.54, 1.807) is 4.68 Å². The van der Waals surface area contributed by atoms with Crippen molar-refractivity contribution in [1.82, 2.24) is 20.0 Å². The Morgan fingerprint density at radius 3 is 2.44 bits per heavy atom. The first-order chi connectivity index (χ1) is 8.54. The summed E-state index contributed by atoms with van der Waals surface area (Å²) in [5.74, 6) is -0.394. The normalized spacial score (nSPS) is 16.5. The van der Waals surface area contributed by atoms with Crippen molar-refractivity contribution in [3.8, 4) is 0 Å². The van der Waals surface area contributed by atoms with E-state index in [0.29, 0.717) is 0 Å². The van der Waals surface area contributed by atoms with Crippen molar-refractivity contribution in [3.63, 3.8) is 0 Å². The van der Waals surface area contributed by atoms with Crippen LogP contribution in [-0.4, -0.2) is 39.6 Å². The van der Waals surface area contributed by atoms with Crippen molar-refractivity contribution in [2.24, 2.45) is 7.05 Å². The van der Waals surface area contributed by atoms with Gasteiger partial charge in [0.2, 0.25) is 11.8 Å². The average Bonchev–Trinajstić information content (AvgIpc) is 2.60. The predicted molar refractivity (Wildman–Crippen MR) is 68.7 cm³/mol. The Bertz CT molecular complexity index is 481. The van der Waals surface area contributed by atoms with Gasteiger partial charge in [0.15, 0.2) is 0 Å². The van der Waals surface area contributed by atoms with Crippen LogP contribution in [0.1, 0.15) is 18.3 Å². The minimum absolute atomic E-state index is 0.197. The number of amides is 2. The number of aryl methyl sites for hydroxylation is 2. The van der Waals surface area contributed by atoms with Crippen molar-refractivity contribution >= 4 is 27.7 Å². The molecule has 2 heterocycles. The van der Waals surface area contributed by atoms with Crippen LogP contribution in [0.5, 0.6) is 0 Å². The SMILES string of the molecule is CCc1nn(C)c(CN2C(=O)CNCC2=O)c1Br. The number of aromatic nitrogens is 2. The van der Waals surface area contributed by atoms with Gasteiger partial charge in [0.25, 0.3) is 0 Å². The second-order valence-corrected chi connectivity index (χ2v) is 4.95. The fraction of sp³-hybridized carbons (Fsp3) is 0.545. The lowest BCUT2D eigenvalue weighted by Crippen LogP contribution is -2.51. The number of imide groups is 1. The van der Waals surface area contributed by atoms with Gasteiger partial charge in [-0.25, -0.2) is 0 Å². The third-order valence-electron chi connectivity index (χ3n) is 2.97. The zero-order valence-electron chi connectivity index (χ0n) is 10.4. The highest BCUT2D eigenvalue weighted by Gasteiger charge is 2.27. The number of nitrogens with zero attached hydrogens (tertiary/aromatic N) is 3. The van der Waals surface area contributed by atoms with E-state index in [-0.39, 0.29) is 31.4 Å². The Hall–Kier alpha value is -1.21. The van der Waals surface area contributed by atoms with E-state index in [0.717, 1.165) is 22.3 Å². The molecule has 18 heavy (non-hydrogen) atoms. The molecular weight excluding hydrogens is 300 g/mol. The molecule has 7 heteroatoms. The fourth-order valence-corrected chi connectivity index (χ4v) is 2.67. The molecule has 0 bridgehead atoms. The highest BCUT2D eigenvalue weighted by atomic mass is 79.9. The first-order valence-electron chi connectivity index (χ1n) is 5.78. The third-order valence-corrected chi connectivity index (χ3v) is 3.88. The second kappa shape index (κ2) is 5.19. The topological polar surface area (TPSA) is 67.2 Å². The molecule has 1 saturated heterocycles. The third kappa shape index (κ3) is 2.32. The first kappa shape index (κ1) is 13.2. The average molecular weight is 315 g/mol. The summed E-state index contributed by atoms with van der Waals surface area (Å²) in [5.41, 5.74) is 1.78. The number of piperazine rings is 1. The maximum Gasteiger partial charge on any atom is 0.243 e. The van der Waals surface area contributed by atoms with Gasteiger partial charge in [-0.1, -0.05) is 6.92 Å². The molecule has 2 rings (SSSR count). The summed E-state index contributed by atoms with van der Waals surface area (Å²) in [6, 6.07) is 0. The van der Waals surface area contributed by atoms with Gasteiger partial charge in [-0.2, -0.15) is 5.10 Å². The minimum Gasteiger partial charge on any atom is -0.300 e. The van der Waals surface area contributed by atoms with E-state index in [1.165, 1.54) is 4.90 Å². The maximum absolute atomic E-state index is 11.7. The Morgan fingerprint density at radius 2 is 1.94 bits per heavy atom. The van der Waals surface area contributed by atoms with Crippen molar-refractivity contribution in [2.75, 3.05) is 13.1 Å². The number of halogens is 1. The van der Waals surface area contributed by atoms with Gasteiger partial charge in [0.05, 0.1) is 35.5 Å². The van der Waals surface area contributed by atoms with Crippen LogP contribution >= 0.6 is 15.9 Å². The van der Waals surface area contributed by atoms with E-state index >= 15 is 0 Å². The quantitative estimate of drug-likeness (QED) is 0.810. The van der Waals surface area contributed by atoms with Crippen LogP contribution in [0.25, 0.3) is 0 Å². The molecule has 0 saturated carbocycles. The van der Waals surface area contributed by atoms with E-state index in [9.17, 15) is 9.59 Å². The Morgan fingerprint density at radius 1 is 1.33 bits per heavy atom. The summed E-state index contributed by atoms with van der Waals surface area (Å²) >= 11 is 3.48. The summed E-state index contributed by atoms with van der Waals surface area (Å²) in [5, 5.41) is 7.12. The van der Waals surface area contributed by atoms with E-state index in [2.05, 4.69) is 26.3 Å². The molecule has 0 spiro atoms. The van der Waals surface area contributed by atoms with Crippen LogP contribution in [0.2, 0.25) is 0 Å². The molecular formula is C11H15BrN4O2. The molecule has 1 aromatic heterocycles. The highest BCUT2D eigenvalue weighted by molar-refractivity contribution is 9.10. The van der Waals surface area contributed by atoms with Crippen LogP contribution in [0.4, 0.5) is 0 Å². The van der Waals surface area contributed by atoms with E-state index in [1.807, 2.05) is 14.0 Å². The second-order valence-electron chi connectivity index (χ2n) is 4.16. The lowest BCUT2D eigenvalue weighted by Gasteiger charge is -2.25. The van der Waals surface area contributed by atoms with Crippen LogP contribution < -0.4 is 5.32 Å². The molecule has 1 aliphatic rings. The first-order valence-corrected chi connectivity index (χ1v) is 6.58. The van der Waals surface area contributed by atoms with Crippen LogP contribution in [0.15, 0.2) is 4.47 Å². The molecule has 0 aliphatic carbocycles. The molecule has 98 valence electrons. The number of hydrogen-bond acceptors (Lipinski definition) is 4. The van der Waals surface area contributed by atoms with Gasteiger partial charge in [-0.15, -0.1) is 0 Å². The van der Waals surface area contributed by atoms with Gasteiger partial charge >= 0.3 is 0 Å². The number of nitrogens with one attached hydrogen (secondary N) is 1. The van der Waals surface area contributed by atoms with Crippen LogP contribution in [0, 0.1) is 0 Å². The van der Waals surface area contributed by atoms with Gasteiger partial charge in [-0.05, 0) is 22.4 Å². The zero-order chi connectivity index (χ0) is 13.3. The maximum atomic E-state index is 11.7. The fourth-order valence-electron chi connectivity index (χ4n) is 1.92. The van der Waals surface area contributed by atoms with E-state index in [4.69, 9.17) is 0 Å². The van der Waals surface area contributed by atoms with Gasteiger partial charge in [-0.3, -0.25) is 24.5 Å². The summed E-state index contributed by atoms with van der Waals surface area (Å²) < 4.78 is 2.59. The monoisotopic (exact) mass is 314 g/mol. The summed E-state index contributed by atoms with van der Waals surface area (Å²) in [6.07, 6.45) is 0.803. The molecule has 6 nitrogen and oxygen atoms in total. The Kier molecular flexibility index (Phi) is 3.82. The van der Waals surface area contributed by atoms with Crippen LogP contribution in [0.3, 0.4) is 0 Å². The van der Waals surface area contributed by atoms with Crippen LogP contribution in [-0.2, 0) is 29.6 Å². The highest BCUT2D eigenvalue weighted by Crippen LogP contribution is 2.23. The lowest BCUT2D eigenvalue weighted by molar-refractivity contribution is -0.147. The molecule has 0 aromatic carbocycles. The summed E-state index contributed by atoms with van der Waals surface area (Å²) in [6.45, 7) is 2.70. The molecule has 1 aromatic rings. The van der Waals surface area contributed by atoms with Crippen molar-refractivity contribution in [1.29, 1.82) is 0 Å². The predicted octanol–water partition coefficient (Wildman–Crippen LogP) is 0.203. The largest absolute Gasteiger partial charge is 0.300 e.